The zero-order valence-corrected chi connectivity index (χ0v) is 12.0. The number of thioether (sulfide) groups is 1. The van der Waals surface area contributed by atoms with E-state index in [2.05, 4.69) is 5.32 Å². The van der Waals surface area contributed by atoms with Gasteiger partial charge in [-0.15, -0.1) is 11.8 Å². The van der Waals surface area contributed by atoms with Crippen molar-refractivity contribution in [3.05, 3.63) is 29.8 Å². The average molecular weight is 315 g/mol. The van der Waals surface area contributed by atoms with E-state index in [4.69, 9.17) is 5.11 Å². The van der Waals surface area contributed by atoms with Crippen LogP contribution in [0.4, 0.5) is 8.78 Å². The van der Waals surface area contributed by atoms with Crippen LogP contribution in [-0.2, 0) is 9.59 Å². The number of carboxylic acid groups (broad SMARTS) is 1. The molecule has 1 aliphatic rings. The van der Waals surface area contributed by atoms with E-state index in [1.807, 2.05) is 0 Å². The van der Waals surface area contributed by atoms with Crippen molar-refractivity contribution in [1.29, 1.82) is 0 Å². The molecule has 7 heteroatoms. The van der Waals surface area contributed by atoms with E-state index in [9.17, 15) is 18.4 Å². The van der Waals surface area contributed by atoms with Crippen LogP contribution in [-0.4, -0.2) is 29.3 Å². The van der Waals surface area contributed by atoms with Gasteiger partial charge in [0.15, 0.2) is 0 Å². The molecule has 0 atom stereocenters. The Morgan fingerprint density at radius 1 is 1.33 bits per heavy atom. The van der Waals surface area contributed by atoms with Crippen molar-refractivity contribution in [2.24, 2.45) is 5.41 Å². The second-order valence-corrected chi connectivity index (χ2v) is 6.10. The van der Waals surface area contributed by atoms with Crippen LogP contribution in [0, 0.1) is 17.0 Å². The number of carboxylic acids is 1. The Balaban J connectivity index is 1.81. The molecule has 1 aromatic carbocycles. The summed E-state index contributed by atoms with van der Waals surface area (Å²) in [4.78, 5) is 23.0. The number of rotatable bonds is 6. The highest BCUT2D eigenvalue weighted by Gasteiger charge is 2.44. The summed E-state index contributed by atoms with van der Waals surface area (Å²) in [6.45, 7) is 0.0909. The SMILES string of the molecule is O=C(CSc1ccc(F)cc1F)NCC1(C(=O)O)CCC1. The number of benzene rings is 1. The third kappa shape index (κ3) is 3.72. The van der Waals surface area contributed by atoms with Crippen molar-refractivity contribution in [2.75, 3.05) is 12.3 Å². The third-order valence-corrected chi connectivity index (χ3v) is 4.69. The standard InChI is InChI=1S/C14H15F2NO3S/c15-9-2-3-11(10(16)6-9)21-7-12(18)17-8-14(13(19)20)4-1-5-14/h2-3,6H,1,4-5,7-8H2,(H,17,18)(H,19,20). The molecule has 21 heavy (non-hydrogen) atoms. The Morgan fingerprint density at radius 2 is 2.05 bits per heavy atom. The van der Waals surface area contributed by atoms with Gasteiger partial charge in [0, 0.05) is 17.5 Å². The molecule has 114 valence electrons. The number of carbonyl (C=O) groups excluding carboxylic acids is 1. The van der Waals surface area contributed by atoms with Crippen LogP contribution in [0.2, 0.25) is 0 Å². The molecule has 2 rings (SSSR count). The maximum atomic E-state index is 13.4. The molecule has 0 unspecified atom stereocenters. The minimum absolute atomic E-state index is 0.0434. The smallest absolute Gasteiger partial charge is 0.311 e. The summed E-state index contributed by atoms with van der Waals surface area (Å²) in [5.41, 5.74) is -0.846. The summed E-state index contributed by atoms with van der Waals surface area (Å²) < 4.78 is 26.1. The predicted octanol–water partition coefficient (Wildman–Crippen LogP) is 2.43. The zero-order valence-electron chi connectivity index (χ0n) is 11.2. The average Bonchev–Trinajstić information content (AvgIpc) is 2.36. The maximum absolute atomic E-state index is 13.4. The number of amides is 1. The topological polar surface area (TPSA) is 66.4 Å². The monoisotopic (exact) mass is 315 g/mol. The summed E-state index contributed by atoms with van der Waals surface area (Å²) in [5.74, 6) is -2.69. The van der Waals surface area contributed by atoms with Crippen molar-refractivity contribution in [2.45, 2.75) is 24.2 Å². The summed E-state index contributed by atoms with van der Waals surface area (Å²) >= 11 is 0.947. The first-order valence-electron chi connectivity index (χ1n) is 6.51. The molecule has 2 N–H and O–H groups in total. The van der Waals surface area contributed by atoms with E-state index >= 15 is 0 Å². The molecule has 0 spiro atoms. The molecule has 0 radical (unpaired) electrons. The number of hydrogen-bond donors (Lipinski definition) is 2. The summed E-state index contributed by atoms with van der Waals surface area (Å²) in [7, 11) is 0. The molecule has 0 saturated heterocycles. The molecule has 1 aromatic rings. The number of nitrogens with one attached hydrogen (secondary N) is 1. The van der Waals surface area contributed by atoms with Gasteiger partial charge in [-0.25, -0.2) is 8.78 Å². The lowest BCUT2D eigenvalue weighted by molar-refractivity contribution is -0.154. The van der Waals surface area contributed by atoms with Gasteiger partial charge in [-0.2, -0.15) is 0 Å². The predicted molar refractivity (Wildman–Crippen MR) is 74.0 cm³/mol. The van der Waals surface area contributed by atoms with Crippen molar-refractivity contribution < 1.29 is 23.5 Å². The maximum Gasteiger partial charge on any atom is 0.311 e. The van der Waals surface area contributed by atoms with Crippen LogP contribution < -0.4 is 5.32 Å². The molecule has 1 amide bonds. The van der Waals surface area contributed by atoms with Gasteiger partial charge in [-0.05, 0) is 25.0 Å². The Labute approximate surface area is 124 Å². The van der Waals surface area contributed by atoms with Crippen LogP contribution in [0.1, 0.15) is 19.3 Å². The first-order chi connectivity index (χ1) is 9.93. The van der Waals surface area contributed by atoms with Crippen molar-refractivity contribution >= 4 is 23.6 Å². The van der Waals surface area contributed by atoms with Gasteiger partial charge in [0.2, 0.25) is 5.91 Å². The molecular weight excluding hydrogens is 300 g/mol. The normalized spacial score (nSPS) is 16.1. The number of halogens is 2. The van der Waals surface area contributed by atoms with E-state index in [-0.39, 0.29) is 23.1 Å². The Bertz CT molecular complexity index is 561. The van der Waals surface area contributed by atoms with Crippen LogP contribution in [0.3, 0.4) is 0 Å². The highest BCUT2D eigenvalue weighted by atomic mass is 32.2. The van der Waals surface area contributed by atoms with Crippen molar-refractivity contribution in [1.82, 2.24) is 5.32 Å². The van der Waals surface area contributed by atoms with Gasteiger partial charge in [-0.1, -0.05) is 6.42 Å². The molecule has 0 aromatic heterocycles. The Morgan fingerprint density at radius 3 is 2.57 bits per heavy atom. The quantitative estimate of drug-likeness (QED) is 0.791. The molecule has 0 heterocycles. The lowest BCUT2D eigenvalue weighted by Gasteiger charge is -2.37. The van der Waals surface area contributed by atoms with Crippen molar-refractivity contribution in [3.8, 4) is 0 Å². The fourth-order valence-electron chi connectivity index (χ4n) is 2.12. The van der Waals surface area contributed by atoms with Gasteiger partial charge >= 0.3 is 5.97 Å². The van der Waals surface area contributed by atoms with Gasteiger partial charge in [-0.3, -0.25) is 9.59 Å². The number of carbonyl (C=O) groups is 2. The molecule has 1 fully saturated rings. The van der Waals surface area contributed by atoms with E-state index < -0.39 is 23.0 Å². The molecule has 4 nitrogen and oxygen atoms in total. The molecule has 1 aliphatic carbocycles. The molecule has 0 aliphatic heterocycles. The fraction of sp³-hybridized carbons (Fsp3) is 0.429. The lowest BCUT2D eigenvalue weighted by Crippen LogP contribution is -2.47. The van der Waals surface area contributed by atoms with Crippen LogP contribution in [0.25, 0.3) is 0 Å². The van der Waals surface area contributed by atoms with Gasteiger partial charge in [0.1, 0.15) is 11.6 Å². The zero-order chi connectivity index (χ0) is 15.5. The lowest BCUT2D eigenvalue weighted by atomic mass is 9.69. The molecule has 1 saturated carbocycles. The van der Waals surface area contributed by atoms with Gasteiger partial charge < -0.3 is 10.4 Å². The van der Waals surface area contributed by atoms with Crippen LogP contribution in [0.5, 0.6) is 0 Å². The molecular formula is C14H15F2NO3S. The largest absolute Gasteiger partial charge is 0.481 e. The first kappa shape index (κ1) is 15.8. The van der Waals surface area contributed by atoms with Crippen LogP contribution >= 0.6 is 11.8 Å². The van der Waals surface area contributed by atoms with E-state index in [1.54, 1.807) is 0 Å². The highest BCUT2D eigenvalue weighted by molar-refractivity contribution is 8.00. The van der Waals surface area contributed by atoms with Gasteiger partial charge in [0.05, 0.1) is 11.2 Å². The molecule has 0 bridgehead atoms. The first-order valence-corrected chi connectivity index (χ1v) is 7.49. The second-order valence-electron chi connectivity index (χ2n) is 5.08. The van der Waals surface area contributed by atoms with Crippen molar-refractivity contribution in [3.63, 3.8) is 0 Å². The minimum atomic E-state index is -0.897. The van der Waals surface area contributed by atoms with E-state index in [0.717, 1.165) is 30.3 Å². The Kier molecular flexibility index (Phi) is 4.82. The summed E-state index contributed by atoms with van der Waals surface area (Å²) in [6, 6.07) is 3.15. The van der Waals surface area contributed by atoms with Gasteiger partial charge in [0.25, 0.3) is 0 Å². The van der Waals surface area contributed by atoms with Crippen LogP contribution in [0.15, 0.2) is 23.1 Å². The summed E-state index contributed by atoms with van der Waals surface area (Å²) in [6.07, 6.45) is 1.96. The second kappa shape index (κ2) is 6.43. The number of aliphatic carboxylic acids is 1. The number of hydrogen-bond acceptors (Lipinski definition) is 3. The Hall–Kier alpha value is -1.63. The highest BCUT2D eigenvalue weighted by Crippen LogP contribution is 2.40. The van der Waals surface area contributed by atoms with E-state index in [0.29, 0.717) is 12.8 Å². The fourth-order valence-corrected chi connectivity index (χ4v) is 2.87. The third-order valence-electron chi connectivity index (χ3n) is 3.64. The minimum Gasteiger partial charge on any atom is -0.481 e. The van der Waals surface area contributed by atoms with E-state index in [1.165, 1.54) is 6.07 Å². The summed E-state index contributed by atoms with van der Waals surface area (Å²) in [5, 5.41) is 11.7.